The molecule has 1 amide bonds. The lowest BCUT2D eigenvalue weighted by Gasteiger charge is -2.51. The van der Waals surface area contributed by atoms with E-state index < -0.39 is 8.37 Å². The van der Waals surface area contributed by atoms with Gasteiger partial charge in [-0.05, 0) is 24.7 Å². The zero-order valence-corrected chi connectivity index (χ0v) is 15.8. The molecule has 2 N–H and O–H groups in total. The van der Waals surface area contributed by atoms with Crippen LogP contribution in [-0.2, 0) is 9.59 Å². The number of ketones is 1. The quantitative estimate of drug-likeness (QED) is 0.497. The highest BCUT2D eigenvalue weighted by molar-refractivity contribution is 9.39. The molecular weight excluding hydrogens is 446 g/mol. The number of aliphatic hydroxyl groups is 1. The number of carbonyl (C=O) groups is 2. The molecule has 0 bridgehead atoms. The van der Waals surface area contributed by atoms with Crippen molar-refractivity contribution in [2.45, 2.75) is 42.0 Å². The molecule has 0 heterocycles. The second-order valence-electron chi connectivity index (χ2n) is 5.63. The first-order valence-corrected chi connectivity index (χ1v) is 8.38. The number of Topliss-reactive ketones (excluding diaryl/α,β-unsaturated/α-hetero) is 1. The summed E-state index contributed by atoms with van der Waals surface area (Å²) >= 11 is 9.43. The molecule has 0 saturated heterocycles. The van der Waals surface area contributed by atoms with Crippen LogP contribution < -0.4 is 5.32 Å². The molecule has 0 radical (unpaired) electrons. The van der Waals surface area contributed by atoms with Gasteiger partial charge in [0.1, 0.15) is 5.78 Å². The number of rotatable bonds is 4. The number of nitrogens with one attached hydrogen (secondary N) is 1. The minimum atomic E-state index is -1.09. The first-order chi connectivity index (χ1) is 8.46. The fraction of sp³-hybridized carbons (Fsp3) is 0.833. The zero-order valence-electron chi connectivity index (χ0n) is 11.0. The molecule has 1 aliphatic carbocycles. The van der Waals surface area contributed by atoms with Gasteiger partial charge in [0, 0.05) is 12.3 Å². The molecule has 3 atom stereocenters. The topological polar surface area (TPSA) is 66.4 Å². The summed E-state index contributed by atoms with van der Waals surface area (Å²) in [5.74, 6) is 0.166. The maximum atomic E-state index is 11.8. The number of hydrogen-bond donors (Lipinski definition) is 2. The van der Waals surface area contributed by atoms with Gasteiger partial charge >= 0.3 is 0 Å². The maximum Gasteiger partial charge on any atom is 0.222 e. The van der Waals surface area contributed by atoms with E-state index in [9.17, 15) is 14.7 Å². The van der Waals surface area contributed by atoms with E-state index in [1.54, 1.807) is 6.92 Å². The van der Waals surface area contributed by atoms with E-state index >= 15 is 0 Å². The van der Waals surface area contributed by atoms with Crippen molar-refractivity contribution >= 4 is 59.5 Å². The Morgan fingerprint density at radius 3 is 2.32 bits per heavy atom. The fourth-order valence-electron chi connectivity index (χ4n) is 2.57. The molecule has 0 aromatic carbocycles. The van der Waals surface area contributed by atoms with Crippen LogP contribution in [0.2, 0.25) is 0 Å². The van der Waals surface area contributed by atoms with Crippen molar-refractivity contribution < 1.29 is 14.7 Å². The van der Waals surface area contributed by atoms with E-state index in [1.165, 1.54) is 0 Å². The minimum Gasteiger partial charge on any atom is -0.370 e. The standard InChI is InChI=1S/C12H18Br3NO3/c1-6(17)8-4-7(11(8,2)3)5-9(18)16-10(19)12(13,14)15/h7-8,10,19H,4-5H2,1-3H3,(H,16,18)/t7-,8-,10-/m1/s1. The van der Waals surface area contributed by atoms with Gasteiger partial charge in [-0.3, -0.25) is 9.59 Å². The third-order valence-electron chi connectivity index (χ3n) is 4.00. The molecule has 1 rings (SSSR count). The van der Waals surface area contributed by atoms with Gasteiger partial charge in [-0.2, -0.15) is 0 Å². The molecule has 110 valence electrons. The van der Waals surface area contributed by atoms with E-state index in [0.717, 1.165) is 6.42 Å². The van der Waals surface area contributed by atoms with Crippen LogP contribution in [0.4, 0.5) is 0 Å². The Morgan fingerprint density at radius 1 is 1.42 bits per heavy atom. The monoisotopic (exact) mass is 461 g/mol. The predicted molar refractivity (Wildman–Crippen MR) is 84.3 cm³/mol. The van der Waals surface area contributed by atoms with E-state index in [4.69, 9.17) is 0 Å². The highest BCUT2D eigenvalue weighted by atomic mass is 80.0. The first-order valence-electron chi connectivity index (χ1n) is 6.01. The highest BCUT2D eigenvalue weighted by Gasteiger charge is 2.50. The van der Waals surface area contributed by atoms with Crippen molar-refractivity contribution in [2.24, 2.45) is 17.3 Å². The smallest absolute Gasteiger partial charge is 0.222 e. The molecule has 19 heavy (non-hydrogen) atoms. The van der Waals surface area contributed by atoms with Gasteiger partial charge in [-0.25, -0.2) is 0 Å². The Morgan fingerprint density at radius 2 is 1.95 bits per heavy atom. The third kappa shape index (κ3) is 4.25. The second kappa shape index (κ2) is 6.12. The molecule has 1 saturated carbocycles. The van der Waals surface area contributed by atoms with Crippen LogP contribution in [0.3, 0.4) is 0 Å². The molecule has 4 nitrogen and oxygen atoms in total. The molecule has 0 aromatic heterocycles. The zero-order chi connectivity index (χ0) is 15.0. The van der Waals surface area contributed by atoms with Crippen LogP contribution in [0.25, 0.3) is 0 Å². The van der Waals surface area contributed by atoms with Gasteiger partial charge in [0.2, 0.25) is 5.91 Å². The van der Waals surface area contributed by atoms with Crippen LogP contribution in [0, 0.1) is 17.3 Å². The average molecular weight is 464 g/mol. The van der Waals surface area contributed by atoms with Gasteiger partial charge in [-0.15, -0.1) is 0 Å². The van der Waals surface area contributed by atoms with Crippen molar-refractivity contribution in [3.05, 3.63) is 0 Å². The van der Waals surface area contributed by atoms with E-state index in [-0.39, 0.29) is 28.9 Å². The van der Waals surface area contributed by atoms with Gasteiger partial charge in [0.15, 0.2) is 8.37 Å². The Kier molecular flexibility index (Phi) is 5.66. The summed E-state index contributed by atoms with van der Waals surface area (Å²) < 4.78 is -0.931. The van der Waals surface area contributed by atoms with Crippen molar-refractivity contribution in [2.75, 3.05) is 0 Å². The van der Waals surface area contributed by atoms with Crippen LogP contribution in [-0.4, -0.2) is 25.2 Å². The van der Waals surface area contributed by atoms with E-state index in [1.807, 2.05) is 13.8 Å². The molecule has 0 aliphatic heterocycles. The lowest BCUT2D eigenvalue weighted by molar-refractivity contribution is -0.141. The van der Waals surface area contributed by atoms with Crippen molar-refractivity contribution in [1.82, 2.24) is 5.32 Å². The van der Waals surface area contributed by atoms with Crippen LogP contribution >= 0.6 is 47.8 Å². The van der Waals surface area contributed by atoms with Crippen LogP contribution in [0.5, 0.6) is 0 Å². The molecule has 0 spiro atoms. The number of carbonyl (C=O) groups excluding carboxylic acids is 2. The lowest BCUT2D eigenvalue weighted by atomic mass is 9.52. The van der Waals surface area contributed by atoms with Crippen molar-refractivity contribution in [3.8, 4) is 0 Å². The molecular formula is C12H18Br3NO3. The Bertz CT molecular complexity index is 379. The van der Waals surface area contributed by atoms with Gasteiger partial charge in [0.25, 0.3) is 0 Å². The highest BCUT2D eigenvalue weighted by Crippen LogP contribution is 2.53. The largest absolute Gasteiger partial charge is 0.370 e. The Labute approximate surface area is 138 Å². The summed E-state index contributed by atoms with van der Waals surface area (Å²) in [6.07, 6.45) is -0.0306. The lowest BCUT2D eigenvalue weighted by Crippen LogP contribution is -2.51. The summed E-state index contributed by atoms with van der Waals surface area (Å²) in [6, 6.07) is 0. The molecule has 0 unspecified atom stereocenters. The van der Waals surface area contributed by atoms with Crippen molar-refractivity contribution in [3.63, 3.8) is 0 Å². The predicted octanol–water partition coefficient (Wildman–Crippen LogP) is 2.90. The molecule has 0 aromatic rings. The summed E-state index contributed by atoms with van der Waals surface area (Å²) in [5, 5.41) is 12.2. The molecule has 1 fully saturated rings. The fourth-order valence-corrected chi connectivity index (χ4v) is 2.91. The number of amides is 1. The van der Waals surface area contributed by atoms with Crippen LogP contribution in [0.1, 0.15) is 33.6 Å². The summed E-state index contributed by atoms with van der Waals surface area (Å²) in [6.45, 7) is 5.63. The van der Waals surface area contributed by atoms with Gasteiger partial charge in [-0.1, -0.05) is 61.6 Å². The summed E-state index contributed by atoms with van der Waals surface area (Å²) in [4.78, 5) is 23.3. The summed E-state index contributed by atoms with van der Waals surface area (Å²) in [7, 11) is 0. The first kappa shape index (κ1) is 17.6. The second-order valence-corrected chi connectivity index (χ2v) is 12.6. The number of alkyl halides is 3. The minimum absolute atomic E-state index is 0.0397. The Hall–Kier alpha value is 0.540. The van der Waals surface area contributed by atoms with E-state index in [0.29, 0.717) is 6.42 Å². The normalized spacial score (nSPS) is 27.3. The SMILES string of the molecule is CC(=O)[C@H]1C[C@H](CC(=O)N[C@H](O)C(Br)(Br)Br)C1(C)C. The summed E-state index contributed by atoms with van der Waals surface area (Å²) in [5.41, 5.74) is -0.150. The Balaban J connectivity index is 2.50. The van der Waals surface area contributed by atoms with Gasteiger partial charge < -0.3 is 10.4 Å². The van der Waals surface area contributed by atoms with Gasteiger partial charge in [0.05, 0.1) is 0 Å². The van der Waals surface area contributed by atoms with Crippen molar-refractivity contribution in [1.29, 1.82) is 0 Å². The maximum absolute atomic E-state index is 11.8. The average Bonchev–Trinajstić information content (AvgIpc) is 2.21. The molecule has 7 heteroatoms. The third-order valence-corrected chi connectivity index (χ3v) is 5.30. The number of aliphatic hydroxyl groups excluding tert-OH is 1. The number of halogens is 3. The van der Waals surface area contributed by atoms with Crippen LogP contribution in [0.15, 0.2) is 0 Å². The number of hydrogen-bond acceptors (Lipinski definition) is 3. The molecule has 1 aliphatic rings. The van der Waals surface area contributed by atoms with E-state index in [2.05, 4.69) is 53.1 Å².